The van der Waals surface area contributed by atoms with Crippen molar-refractivity contribution in [3.8, 4) is 0 Å². The van der Waals surface area contributed by atoms with Crippen LogP contribution in [0.25, 0.3) is 0 Å². The van der Waals surface area contributed by atoms with E-state index in [2.05, 4.69) is 5.10 Å². The molecule has 0 unspecified atom stereocenters. The van der Waals surface area contributed by atoms with E-state index < -0.39 is 18.3 Å². The zero-order chi connectivity index (χ0) is 11.3. The smallest absolute Gasteiger partial charge is 0.267 e. The van der Waals surface area contributed by atoms with E-state index in [4.69, 9.17) is 0 Å². The Hall–Kier alpha value is -1.85. The zero-order valence-corrected chi connectivity index (χ0v) is 7.45. The molecular weight excluding hydrogens is 209 g/mol. The Morgan fingerprint density at radius 3 is 2.40 bits per heavy atom. The molecule has 0 aromatic heterocycles. The van der Waals surface area contributed by atoms with Gasteiger partial charge in [-0.2, -0.15) is 4.39 Å². The molecule has 1 N–H and O–H groups in total. The summed E-state index contributed by atoms with van der Waals surface area (Å²) in [4.78, 5) is 11.1. The van der Waals surface area contributed by atoms with Crippen molar-refractivity contribution in [3.05, 3.63) is 35.9 Å². The molecule has 1 aromatic rings. The number of carbonyl (C=O) groups is 1. The first-order valence-corrected chi connectivity index (χ1v) is 3.98. The van der Waals surface area contributed by atoms with Gasteiger partial charge in [-0.25, -0.2) is 14.2 Å². The van der Waals surface area contributed by atoms with E-state index in [1.165, 1.54) is 12.1 Å². The first kappa shape index (κ1) is 11.2. The van der Waals surface area contributed by atoms with Crippen molar-refractivity contribution in [2.45, 2.75) is 6.43 Å². The fraction of sp³-hybridized carbons (Fsp3) is 0.111. The molecule has 0 heterocycles. The predicted molar refractivity (Wildman–Crippen MR) is 48.5 cm³/mol. The van der Waals surface area contributed by atoms with Crippen LogP contribution in [0.4, 0.5) is 13.2 Å². The number of nitrogens with one attached hydrogen (secondary N) is 1. The van der Waals surface area contributed by atoms with Crippen molar-refractivity contribution in [2.75, 3.05) is 0 Å². The highest BCUT2D eigenvalue weighted by Gasteiger charge is 2.12. The third kappa shape index (κ3) is 3.41. The number of benzene rings is 1. The Bertz CT molecular complexity index is 365. The van der Waals surface area contributed by atoms with Crippen LogP contribution in [0.2, 0.25) is 0 Å². The standard InChI is InChI=1S/C9H7F3N2O/c10-7(11)8(12)13-14-9(15)6-4-2-1-3-5-6/h1-5,7H,(H,14,15)/b13-8-. The molecule has 3 nitrogen and oxygen atoms in total. The number of amides is 1. The van der Waals surface area contributed by atoms with E-state index in [1.54, 1.807) is 23.6 Å². The van der Waals surface area contributed by atoms with Gasteiger partial charge in [-0.15, -0.1) is 5.10 Å². The highest BCUT2D eigenvalue weighted by molar-refractivity contribution is 5.94. The fourth-order valence-corrected chi connectivity index (χ4v) is 0.807. The maximum atomic E-state index is 12.2. The molecule has 1 aromatic carbocycles. The average Bonchev–Trinajstić information content (AvgIpc) is 2.26. The van der Waals surface area contributed by atoms with Crippen molar-refractivity contribution in [1.82, 2.24) is 5.43 Å². The molecule has 0 fully saturated rings. The molecule has 0 aliphatic rings. The minimum absolute atomic E-state index is 0.211. The largest absolute Gasteiger partial charge is 0.308 e. The zero-order valence-electron chi connectivity index (χ0n) is 7.45. The summed E-state index contributed by atoms with van der Waals surface area (Å²) in [6.07, 6.45) is -3.32. The van der Waals surface area contributed by atoms with Gasteiger partial charge < -0.3 is 0 Å². The molecule has 0 aliphatic carbocycles. The number of carbonyl (C=O) groups excluding carboxylic acids is 1. The van der Waals surface area contributed by atoms with Crippen molar-refractivity contribution in [1.29, 1.82) is 0 Å². The van der Waals surface area contributed by atoms with Crippen LogP contribution in [0.1, 0.15) is 10.4 Å². The van der Waals surface area contributed by atoms with Crippen molar-refractivity contribution < 1.29 is 18.0 Å². The van der Waals surface area contributed by atoms with Gasteiger partial charge >= 0.3 is 6.43 Å². The molecule has 0 aliphatic heterocycles. The summed E-state index contributed by atoms with van der Waals surface area (Å²) in [5.74, 6) is -2.66. The molecule has 80 valence electrons. The molecule has 0 atom stereocenters. The van der Waals surface area contributed by atoms with Crippen LogP contribution in [0.5, 0.6) is 0 Å². The maximum absolute atomic E-state index is 12.2. The molecule has 0 radical (unpaired) electrons. The molecule has 0 saturated carbocycles. The van der Waals surface area contributed by atoms with E-state index >= 15 is 0 Å². The molecule has 1 amide bonds. The summed E-state index contributed by atoms with van der Waals surface area (Å²) in [5, 5.41) is 2.60. The average molecular weight is 216 g/mol. The molecule has 0 bridgehead atoms. The summed E-state index contributed by atoms with van der Waals surface area (Å²) in [6, 6.07) is 7.75. The van der Waals surface area contributed by atoms with E-state index in [0.717, 1.165) is 0 Å². The fourth-order valence-electron chi connectivity index (χ4n) is 0.807. The number of nitrogens with zero attached hydrogens (tertiary/aromatic N) is 1. The van der Waals surface area contributed by atoms with Crippen LogP contribution >= 0.6 is 0 Å². The molecule has 6 heteroatoms. The van der Waals surface area contributed by atoms with Gasteiger partial charge in [0.1, 0.15) is 0 Å². The maximum Gasteiger partial charge on any atom is 0.308 e. The third-order valence-electron chi connectivity index (χ3n) is 1.48. The van der Waals surface area contributed by atoms with Crippen LogP contribution in [0, 0.1) is 0 Å². The number of hydrogen-bond acceptors (Lipinski definition) is 2. The van der Waals surface area contributed by atoms with Gasteiger partial charge in [0.25, 0.3) is 11.9 Å². The molecule has 0 saturated heterocycles. The van der Waals surface area contributed by atoms with Gasteiger partial charge in [0, 0.05) is 5.56 Å². The van der Waals surface area contributed by atoms with Gasteiger partial charge in [-0.1, -0.05) is 18.2 Å². The first-order chi connectivity index (χ1) is 7.11. The number of hydrogen-bond donors (Lipinski definition) is 1. The Morgan fingerprint density at radius 2 is 1.87 bits per heavy atom. The predicted octanol–water partition coefficient (Wildman–Crippen LogP) is 1.96. The molecular formula is C9H7F3N2O. The summed E-state index contributed by atoms with van der Waals surface area (Å²) in [7, 11) is 0. The van der Waals surface area contributed by atoms with Crippen molar-refractivity contribution >= 4 is 11.9 Å². The molecule has 1 rings (SSSR count). The second-order valence-electron chi connectivity index (χ2n) is 2.54. The first-order valence-electron chi connectivity index (χ1n) is 3.98. The van der Waals surface area contributed by atoms with Crippen molar-refractivity contribution in [2.24, 2.45) is 5.10 Å². The minimum Gasteiger partial charge on any atom is -0.267 e. The Balaban J connectivity index is 2.62. The second-order valence-corrected chi connectivity index (χ2v) is 2.54. The quantitative estimate of drug-likeness (QED) is 0.609. The van der Waals surface area contributed by atoms with E-state index in [-0.39, 0.29) is 5.56 Å². The molecule has 0 spiro atoms. The lowest BCUT2D eigenvalue weighted by Crippen LogP contribution is -2.20. The van der Waals surface area contributed by atoms with E-state index in [1.807, 2.05) is 0 Å². The van der Waals surface area contributed by atoms with Crippen LogP contribution < -0.4 is 5.43 Å². The van der Waals surface area contributed by atoms with E-state index in [9.17, 15) is 18.0 Å². The third-order valence-corrected chi connectivity index (χ3v) is 1.48. The SMILES string of the molecule is O=C(N/N=C(\F)C(F)F)c1ccccc1. The Morgan fingerprint density at radius 1 is 1.27 bits per heavy atom. The van der Waals surface area contributed by atoms with Gasteiger partial charge in [0.15, 0.2) is 0 Å². The number of halogens is 3. The monoisotopic (exact) mass is 216 g/mol. The highest BCUT2D eigenvalue weighted by Crippen LogP contribution is 1.99. The Kier molecular flexibility index (Phi) is 3.84. The summed E-state index contributed by atoms with van der Waals surface area (Å²) in [6.45, 7) is 0. The second kappa shape index (κ2) is 5.14. The normalized spacial score (nSPS) is 11.6. The van der Waals surface area contributed by atoms with Gasteiger partial charge in [-0.05, 0) is 12.1 Å². The lowest BCUT2D eigenvalue weighted by atomic mass is 10.2. The van der Waals surface area contributed by atoms with Gasteiger partial charge in [-0.3, -0.25) is 4.79 Å². The van der Waals surface area contributed by atoms with Crippen LogP contribution in [0.3, 0.4) is 0 Å². The summed E-state index contributed by atoms with van der Waals surface area (Å²) in [5.41, 5.74) is 1.89. The van der Waals surface area contributed by atoms with Gasteiger partial charge in [0.05, 0.1) is 0 Å². The van der Waals surface area contributed by atoms with Crippen LogP contribution in [-0.2, 0) is 0 Å². The van der Waals surface area contributed by atoms with Crippen LogP contribution in [-0.4, -0.2) is 18.3 Å². The minimum atomic E-state index is -3.32. The number of hydrazone groups is 1. The highest BCUT2D eigenvalue weighted by atomic mass is 19.3. The summed E-state index contributed by atoms with van der Waals surface area (Å²) >= 11 is 0. The van der Waals surface area contributed by atoms with Gasteiger partial charge in [0.2, 0.25) is 0 Å². The Labute approximate surface area is 83.6 Å². The number of alkyl halides is 2. The lowest BCUT2D eigenvalue weighted by molar-refractivity contribution is 0.0953. The van der Waals surface area contributed by atoms with E-state index in [0.29, 0.717) is 0 Å². The molecule has 15 heavy (non-hydrogen) atoms. The number of rotatable bonds is 3. The van der Waals surface area contributed by atoms with Crippen molar-refractivity contribution in [3.63, 3.8) is 0 Å². The lowest BCUT2D eigenvalue weighted by Gasteiger charge is -1.99. The van der Waals surface area contributed by atoms with Crippen LogP contribution in [0.15, 0.2) is 35.4 Å². The topological polar surface area (TPSA) is 41.5 Å². The summed E-state index contributed by atoms with van der Waals surface area (Å²) < 4.78 is 35.4.